The lowest BCUT2D eigenvalue weighted by atomic mass is 10.1. The predicted octanol–water partition coefficient (Wildman–Crippen LogP) is 4.69. The smallest absolute Gasteiger partial charge is 0.229 e. The quantitative estimate of drug-likeness (QED) is 0.757. The van der Waals surface area contributed by atoms with E-state index in [0.29, 0.717) is 16.1 Å². The highest BCUT2D eigenvalue weighted by Gasteiger charge is 2.44. The molecule has 1 amide bonds. The lowest BCUT2D eigenvalue weighted by Crippen LogP contribution is -2.14. The van der Waals surface area contributed by atoms with Crippen molar-refractivity contribution in [3.8, 4) is 0 Å². The third-order valence-electron chi connectivity index (χ3n) is 3.94. The van der Waals surface area contributed by atoms with E-state index in [9.17, 15) is 4.79 Å². The van der Waals surface area contributed by atoms with E-state index in [0.717, 1.165) is 16.6 Å². The first-order valence-corrected chi connectivity index (χ1v) is 8.32. The summed E-state index contributed by atoms with van der Waals surface area (Å²) in [6, 6.07) is 15.7. The molecule has 22 heavy (non-hydrogen) atoms. The van der Waals surface area contributed by atoms with Gasteiger partial charge in [-0.3, -0.25) is 4.79 Å². The van der Waals surface area contributed by atoms with Crippen molar-refractivity contribution in [2.75, 3.05) is 5.32 Å². The Hall–Kier alpha value is -1.91. The third kappa shape index (κ3) is 2.60. The molecule has 1 saturated carbocycles. The Labute approximate surface area is 136 Å². The molecule has 0 radical (unpaired) electrons. The van der Waals surface area contributed by atoms with Crippen LogP contribution in [-0.4, -0.2) is 10.9 Å². The second kappa shape index (κ2) is 5.38. The molecular formula is C17H13ClN2OS. The lowest BCUT2D eigenvalue weighted by Gasteiger charge is -2.01. The number of fused-ring (bicyclic) bond motifs is 1. The van der Waals surface area contributed by atoms with Crippen molar-refractivity contribution in [1.82, 2.24) is 4.98 Å². The standard InChI is InChI=1S/C17H13ClN2OS/c18-11-6-7-14-15(8-11)22-17(19-14)20-16(21)13-9-12(13)10-4-2-1-3-5-10/h1-8,12-13H,9H2,(H,19,20,21)/t12-,13-/m0/s1. The molecule has 1 N–H and O–H groups in total. The molecule has 0 saturated heterocycles. The average Bonchev–Trinajstić information content (AvgIpc) is 3.23. The van der Waals surface area contributed by atoms with E-state index in [4.69, 9.17) is 11.6 Å². The molecule has 0 aliphatic heterocycles. The molecule has 110 valence electrons. The van der Waals surface area contributed by atoms with Crippen LogP contribution >= 0.6 is 22.9 Å². The molecule has 0 unspecified atom stereocenters. The van der Waals surface area contributed by atoms with Crippen molar-refractivity contribution >= 4 is 44.2 Å². The summed E-state index contributed by atoms with van der Waals surface area (Å²) < 4.78 is 0.984. The van der Waals surface area contributed by atoms with Gasteiger partial charge < -0.3 is 5.32 Å². The number of thiazole rings is 1. The molecule has 4 rings (SSSR count). The topological polar surface area (TPSA) is 42.0 Å². The molecule has 2 aromatic carbocycles. The summed E-state index contributed by atoms with van der Waals surface area (Å²) in [6.45, 7) is 0. The van der Waals surface area contributed by atoms with E-state index in [2.05, 4.69) is 22.4 Å². The maximum absolute atomic E-state index is 12.3. The van der Waals surface area contributed by atoms with E-state index in [1.807, 2.05) is 36.4 Å². The van der Waals surface area contributed by atoms with Crippen LogP contribution in [0.5, 0.6) is 0 Å². The molecular weight excluding hydrogens is 316 g/mol. The van der Waals surface area contributed by atoms with Crippen LogP contribution in [0, 0.1) is 5.92 Å². The molecule has 1 aromatic heterocycles. The van der Waals surface area contributed by atoms with E-state index in [-0.39, 0.29) is 11.8 Å². The summed E-state index contributed by atoms with van der Waals surface area (Å²) in [5.41, 5.74) is 2.10. The Morgan fingerprint density at radius 3 is 2.86 bits per heavy atom. The monoisotopic (exact) mass is 328 g/mol. The summed E-state index contributed by atoms with van der Waals surface area (Å²) in [7, 11) is 0. The normalized spacial score (nSPS) is 20.0. The number of amides is 1. The van der Waals surface area contributed by atoms with Gasteiger partial charge in [0.1, 0.15) is 0 Å². The van der Waals surface area contributed by atoms with E-state index in [1.54, 1.807) is 0 Å². The minimum Gasteiger partial charge on any atom is -0.302 e. The molecule has 0 bridgehead atoms. The van der Waals surface area contributed by atoms with Crippen LogP contribution in [0.4, 0.5) is 5.13 Å². The Bertz CT molecular complexity index is 846. The number of hydrogen-bond acceptors (Lipinski definition) is 3. The molecule has 3 aromatic rings. The fraction of sp³-hybridized carbons (Fsp3) is 0.176. The molecule has 2 atom stereocenters. The summed E-state index contributed by atoms with van der Waals surface area (Å²) in [5.74, 6) is 0.446. The molecule has 1 aliphatic rings. The van der Waals surface area contributed by atoms with Gasteiger partial charge in [0.2, 0.25) is 5.91 Å². The summed E-state index contributed by atoms with van der Waals surface area (Å²) in [6.07, 6.45) is 0.909. The Balaban J connectivity index is 1.48. The molecule has 1 aliphatic carbocycles. The number of nitrogens with zero attached hydrogens (tertiary/aromatic N) is 1. The van der Waals surface area contributed by atoms with Crippen LogP contribution in [0.15, 0.2) is 48.5 Å². The number of carbonyl (C=O) groups excluding carboxylic acids is 1. The third-order valence-corrected chi connectivity index (χ3v) is 5.10. The first kappa shape index (κ1) is 13.7. The molecule has 3 nitrogen and oxygen atoms in total. The van der Waals surface area contributed by atoms with Crippen LogP contribution in [-0.2, 0) is 4.79 Å². The number of halogens is 1. The minimum atomic E-state index is 0.0537. The molecule has 0 spiro atoms. The Kier molecular flexibility index (Phi) is 3.36. The van der Waals surface area contributed by atoms with Gasteiger partial charge in [-0.15, -0.1) is 0 Å². The summed E-state index contributed by atoms with van der Waals surface area (Å²) in [5, 5.41) is 4.26. The highest BCUT2D eigenvalue weighted by atomic mass is 35.5. The number of hydrogen-bond donors (Lipinski definition) is 1. The number of anilines is 1. The van der Waals surface area contributed by atoms with Crippen LogP contribution in [0.2, 0.25) is 5.02 Å². The Morgan fingerprint density at radius 1 is 1.23 bits per heavy atom. The molecule has 1 fully saturated rings. The maximum atomic E-state index is 12.3. The van der Waals surface area contributed by atoms with Crippen LogP contribution in [0.3, 0.4) is 0 Å². The van der Waals surface area contributed by atoms with E-state index < -0.39 is 0 Å². The van der Waals surface area contributed by atoms with Gasteiger partial charge in [0.25, 0.3) is 0 Å². The fourth-order valence-electron chi connectivity index (χ4n) is 2.70. The van der Waals surface area contributed by atoms with Crippen LogP contribution in [0.1, 0.15) is 17.9 Å². The van der Waals surface area contributed by atoms with Gasteiger partial charge in [0.05, 0.1) is 10.2 Å². The average molecular weight is 329 g/mol. The fourth-order valence-corrected chi connectivity index (χ4v) is 3.85. The molecule has 1 heterocycles. The lowest BCUT2D eigenvalue weighted by molar-refractivity contribution is -0.117. The second-order valence-electron chi connectivity index (χ2n) is 5.48. The van der Waals surface area contributed by atoms with Crippen LogP contribution < -0.4 is 5.32 Å². The molecule has 5 heteroatoms. The first-order chi connectivity index (χ1) is 10.7. The summed E-state index contributed by atoms with van der Waals surface area (Å²) >= 11 is 7.43. The first-order valence-electron chi connectivity index (χ1n) is 7.12. The largest absolute Gasteiger partial charge is 0.302 e. The highest BCUT2D eigenvalue weighted by molar-refractivity contribution is 7.22. The summed E-state index contributed by atoms with van der Waals surface area (Å²) in [4.78, 5) is 16.8. The van der Waals surface area contributed by atoms with Gasteiger partial charge in [0, 0.05) is 10.9 Å². The van der Waals surface area contributed by atoms with Crippen molar-refractivity contribution < 1.29 is 4.79 Å². The SMILES string of the molecule is O=C(Nc1nc2ccc(Cl)cc2s1)[C@H]1C[C@H]1c1ccccc1. The highest BCUT2D eigenvalue weighted by Crippen LogP contribution is 2.48. The van der Waals surface area contributed by atoms with Crippen molar-refractivity contribution in [2.24, 2.45) is 5.92 Å². The number of benzene rings is 2. The van der Waals surface area contributed by atoms with Crippen molar-refractivity contribution in [3.63, 3.8) is 0 Å². The van der Waals surface area contributed by atoms with Gasteiger partial charge in [0.15, 0.2) is 5.13 Å². The zero-order valence-electron chi connectivity index (χ0n) is 11.6. The van der Waals surface area contributed by atoms with Gasteiger partial charge in [-0.1, -0.05) is 53.3 Å². The number of nitrogens with one attached hydrogen (secondary N) is 1. The van der Waals surface area contributed by atoms with Gasteiger partial charge in [-0.2, -0.15) is 0 Å². The second-order valence-corrected chi connectivity index (χ2v) is 6.95. The van der Waals surface area contributed by atoms with Gasteiger partial charge in [-0.05, 0) is 36.1 Å². The van der Waals surface area contributed by atoms with Crippen LogP contribution in [0.25, 0.3) is 10.2 Å². The zero-order valence-corrected chi connectivity index (χ0v) is 13.2. The maximum Gasteiger partial charge on any atom is 0.229 e. The number of rotatable bonds is 3. The van der Waals surface area contributed by atoms with E-state index in [1.165, 1.54) is 16.9 Å². The number of carbonyl (C=O) groups is 1. The van der Waals surface area contributed by atoms with Crippen molar-refractivity contribution in [2.45, 2.75) is 12.3 Å². The zero-order chi connectivity index (χ0) is 15.1. The van der Waals surface area contributed by atoms with E-state index >= 15 is 0 Å². The van der Waals surface area contributed by atoms with Gasteiger partial charge >= 0.3 is 0 Å². The Morgan fingerprint density at radius 2 is 2.05 bits per heavy atom. The van der Waals surface area contributed by atoms with Crippen molar-refractivity contribution in [3.05, 3.63) is 59.1 Å². The predicted molar refractivity (Wildman–Crippen MR) is 90.5 cm³/mol. The minimum absolute atomic E-state index is 0.0537. The number of aromatic nitrogens is 1. The van der Waals surface area contributed by atoms with Gasteiger partial charge in [-0.25, -0.2) is 4.98 Å². The van der Waals surface area contributed by atoms with Crippen molar-refractivity contribution in [1.29, 1.82) is 0 Å².